The number of nitrogens with zero attached hydrogens (tertiary/aromatic N) is 1. The zero-order chi connectivity index (χ0) is 13.7. The van der Waals surface area contributed by atoms with Gasteiger partial charge in [0.15, 0.2) is 0 Å². The number of amides is 1. The Balaban J connectivity index is 2.78. The summed E-state index contributed by atoms with van der Waals surface area (Å²) in [5, 5.41) is 6.40. The van der Waals surface area contributed by atoms with E-state index in [0.717, 1.165) is 6.54 Å². The van der Waals surface area contributed by atoms with E-state index >= 15 is 0 Å². The zero-order valence-corrected chi connectivity index (χ0v) is 12.0. The van der Waals surface area contributed by atoms with Crippen molar-refractivity contribution in [3.63, 3.8) is 0 Å². The quantitative estimate of drug-likeness (QED) is 0.864. The van der Waals surface area contributed by atoms with Crippen LogP contribution < -0.4 is 10.6 Å². The first kappa shape index (κ1) is 14.8. The average molecular weight is 270 g/mol. The molecule has 0 aliphatic rings. The summed E-state index contributed by atoms with van der Waals surface area (Å²) in [5.41, 5.74) is 0.481. The molecule has 1 rings (SSSR count). The lowest BCUT2D eigenvalue weighted by Gasteiger charge is -2.17. The van der Waals surface area contributed by atoms with Gasteiger partial charge in [-0.15, -0.1) is 0 Å². The van der Waals surface area contributed by atoms with Gasteiger partial charge >= 0.3 is 0 Å². The molecule has 2 N–H and O–H groups in total. The molecule has 5 heteroatoms. The van der Waals surface area contributed by atoms with E-state index in [1.54, 1.807) is 6.07 Å². The number of aromatic nitrogens is 1. The third kappa shape index (κ3) is 3.88. The van der Waals surface area contributed by atoms with Gasteiger partial charge in [-0.1, -0.05) is 25.4 Å². The molecule has 0 spiro atoms. The summed E-state index contributed by atoms with van der Waals surface area (Å²) in [6, 6.07) is 1.75. The maximum Gasteiger partial charge on any atom is 0.253 e. The van der Waals surface area contributed by atoms with Crippen LogP contribution in [0.25, 0.3) is 0 Å². The number of rotatable bonds is 5. The Morgan fingerprint density at radius 2 is 2.11 bits per heavy atom. The Kier molecular flexibility index (Phi) is 5.41. The van der Waals surface area contributed by atoms with Crippen molar-refractivity contribution in [2.75, 3.05) is 11.9 Å². The van der Waals surface area contributed by atoms with Gasteiger partial charge in [0.1, 0.15) is 5.82 Å². The van der Waals surface area contributed by atoms with Gasteiger partial charge in [-0.2, -0.15) is 0 Å². The highest BCUT2D eigenvalue weighted by molar-refractivity contribution is 6.33. The van der Waals surface area contributed by atoms with Crippen LogP contribution >= 0.6 is 11.6 Å². The maximum atomic E-state index is 12.0. The third-order valence-corrected chi connectivity index (χ3v) is 3.09. The van der Waals surface area contributed by atoms with E-state index in [1.807, 2.05) is 13.8 Å². The minimum atomic E-state index is -0.145. The molecule has 0 radical (unpaired) electrons. The van der Waals surface area contributed by atoms with E-state index in [2.05, 4.69) is 29.5 Å². The van der Waals surface area contributed by atoms with Crippen LogP contribution in [0.3, 0.4) is 0 Å². The van der Waals surface area contributed by atoms with Gasteiger partial charge in [-0.25, -0.2) is 4.98 Å². The van der Waals surface area contributed by atoms with Crippen molar-refractivity contribution in [1.29, 1.82) is 0 Å². The third-order valence-electron chi connectivity index (χ3n) is 2.81. The van der Waals surface area contributed by atoms with Crippen LogP contribution in [0.4, 0.5) is 5.82 Å². The van der Waals surface area contributed by atoms with E-state index in [9.17, 15) is 4.79 Å². The van der Waals surface area contributed by atoms with Crippen molar-refractivity contribution >= 4 is 23.3 Å². The van der Waals surface area contributed by atoms with Crippen molar-refractivity contribution in [1.82, 2.24) is 10.3 Å². The molecular weight excluding hydrogens is 250 g/mol. The molecular formula is C13H20ClN3O. The average Bonchev–Trinajstić information content (AvgIpc) is 2.31. The Hall–Kier alpha value is -1.29. The molecule has 0 aromatic carbocycles. The molecule has 1 atom stereocenters. The molecule has 0 saturated carbocycles. The molecule has 0 fully saturated rings. The molecule has 100 valence electrons. The van der Waals surface area contributed by atoms with Crippen molar-refractivity contribution in [2.24, 2.45) is 5.92 Å². The lowest BCUT2D eigenvalue weighted by Crippen LogP contribution is -2.36. The monoisotopic (exact) mass is 269 g/mol. The fourth-order valence-electron chi connectivity index (χ4n) is 1.32. The first-order valence-electron chi connectivity index (χ1n) is 6.16. The van der Waals surface area contributed by atoms with Crippen LogP contribution in [-0.4, -0.2) is 23.5 Å². The van der Waals surface area contributed by atoms with E-state index < -0.39 is 0 Å². The molecule has 1 amide bonds. The van der Waals surface area contributed by atoms with Crippen LogP contribution in [-0.2, 0) is 0 Å². The molecule has 1 heterocycles. The SMILES string of the molecule is CCNc1ncc(C(=O)NC(C)C(C)C)cc1Cl. The second kappa shape index (κ2) is 6.59. The Morgan fingerprint density at radius 1 is 1.44 bits per heavy atom. The summed E-state index contributed by atoms with van der Waals surface area (Å²) in [6.45, 7) is 8.80. The summed E-state index contributed by atoms with van der Waals surface area (Å²) in [5.74, 6) is 0.847. The van der Waals surface area contributed by atoms with Crippen molar-refractivity contribution in [2.45, 2.75) is 33.7 Å². The first-order chi connectivity index (χ1) is 8.45. The predicted molar refractivity (Wildman–Crippen MR) is 75.2 cm³/mol. The number of hydrogen-bond acceptors (Lipinski definition) is 3. The van der Waals surface area contributed by atoms with Gasteiger partial charge in [0, 0.05) is 18.8 Å². The van der Waals surface area contributed by atoms with Gasteiger partial charge in [-0.05, 0) is 25.8 Å². The Morgan fingerprint density at radius 3 is 2.61 bits per heavy atom. The van der Waals surface area contributed by atoms with E-state index in [0.29, 0.717) is 22.3 Å². The normalized spacial score (nSPS) is 12.3. The fourth-order valence-corrected chi connectivity index (χ4v) is 1.55. The highest BCUT2D eigenvalue weighted by atomic mass is 35.5. The smallest absolute Gasteiger partial charge is 0.253 e. The topological polar surface area (TPSA) is 54.0 Å². The number of hydrogen-bond donors (Lipinski definition) is 2. The number of halogens is 1. The highest BCUT2D eigenvalue weighted by Gasteiger charge is 2.14. The molecule has 1 aromatic rings. The van der Waals surface area contributed by atoms with Crippen molar-refractivity contribution in [3.8, 4) is 0 Å². The van der Waals surface area contributed by atoms with E-state index in [4.69, 9.17) is 11.6 Å². The van der Waals surface area contributed by atoms with E-state index in [-0.39, 0.29) is 11.9 Å². The second-order valence-corrected chi connectivity index (χ2v) is 5.00. The van der Waals surface area contributed by atoms with Gasteiger partial charge in [0.2, 0.25) is 0 Å². The molecule has 1 aromatic heterocycles. The number of pyridine rings is 1. The van der Waals surface area contributed by atoms with Gasteiger partial charge in [0.05, 0.1) is 10.6 Å². The molecule has 18 heavy (non-hydrogen) atoms. The highest BCUT2D eigenvalue weighted by Crippen LogP contribution is 2.19. The Labute approximate surface area is 113 Å². The second-order valence-electron chi connectivity index (χ2n) is 4.59. The van der Waals surface area contributed by atoms with Crippen LogP contribution in [0.2, 0.25) is 5.02 Å². The standard InChI is InChI=1S/C13H20ClN3O/c1-5-15-12-11(14)6-10(7-16-12)13(18)17-9(4)8(2)3/h6-9H,5H2,1-4H3,(H,15,16)(H,17,18). The van der Waals surface area contributed by atoms with Crippen molar-refractivity contribution < 1.29 is 4.79 Å². The van der Waals surface area contributed by atoms with Crippen LogP contribution in [0.15, 0.2) is 12.3 Å². The minimum Gasteiger partial charge on any atom is -0.369 e. The zero-order valence-electron chi connectivity index (χ0n) is 11.2. The van der Waals surface area contributed by atoms with E-state index in [1.165, 1.54) is 6.20 Å². The van der Waals surface area contributed by atoms with Crippen LogP contribution in [0, 0.1) is 5.92 Å². The van der Waals surface area contributed by atoms with Gasteiger partial charge < -0.3 is 10.6 Å². The Bertz CT molecular complexity index is 421. The summed E-state index contributed by atoms with van der Waals surface area (Å²) in [7, 11) is 0. The predicted octanol–water partition coefficient (Wildman–Crippen LogP) is 2.94. The number of nitrogens with one attached hydrogen (secondary N) is 2. The molecule has 0 saturated heterocycles. The lowest BCUT2D eigenvalue weighted by atomic mass is 10.1. The van der Waals surface area contributed by atoms with Crippen LogP contribution in [0.1, 0.15) is 38.1 Å². The number of carbonyl (C=O) groups is 1. The van der Waals surface area contributed by atoms with Crippen molar-refractivity contribution in [3.05, 3.63) is 22.8 Å². The number of carbonyl (C=O) groups excluding carboxylic acids is 1. The molecule has 0 aliphatic carbocycles. The van der Waals surface area contributed by atoms with Gasteiger partial charge in [0.25, 0.3) is 5.91 Å². The fraction of sp³-hybridized carbons (Fsp3) is 0.538. The summed E-state index contributed by atoms with van der Waals surface area (Å²) in [4.78, 5) is 16.1. The minimum absolute atomic E-state index is 0.115. The summed E-state index contributed by atoms with van der Waals surface area (Å²) >= 11 is 6.05. The first-order valence-corrected chi connectivity index (χ1v) is 6.53. The lowest BCUT2D eigenvalue weighted by molar-refractivity contribution is 0.0930. The number of anilines is 1. The largest absolute Gasteiger partial charge is 0.369 e. The van der Waals surface area contributed by atoms with Gasteiger partial charge in [-0.3, -0.25) is 4.79 Å². The van der Waals surface area contributed by atoms with Crippen LogP contribution in [0.5, 0.6) is 0 Å². The molecule has 1 unspecified atom stereocenters. The molecule has 0 bridgehead atoms. The molecule has 4 nitrogen and oxygen atoms in total. The summed E-state index contributed by atoms with van der Waals surface area (Å²) < 4.78 is 0. The summed E-state index contributed by atoms with van der Waals surface area (Å²) in [6.07, 6.45) is 1.53. The maximum absolute atomic E-state index is 12.0. The molecule has 0 aliphatic heterocycles.